The van der Waals surface area contributed by atoms with Crippen LogP contribution in [0, 0.1) is 17.8 Å². The van der Waals surface area contributed by atoms with Crippen LogP contribution >= 0.6 is 0 Å². The number of piperidine rings is 3. The molecule has 4 aliphatic heterocycles. The van der Waals surface area contributed by atoms with Crippen molar-refractivity contribution >= 4 is 17.8 Å². The van der Waals surface area contributed by atoms with Crippen LogP contribution in [0.4, 0.5) is 17.8 Å². The fraction of sp³-hybridized carbons (Fsp3) is 0.692. The molecule has 6 rings (SSSR count). The molecule has 2 aromatic heterocycles. The molecular weight excluding hydrogens is 426 g/mol. The van der Waals surface area contributed by atoms with Crippen LogP contribution in [0.15, 0.2) is 23.0 Å². The van der Waals surface area contributed by atoms with E-state index < -0.39 is 0 Å². The van der Waals surface area contributed by atoms with Crippen molar-refractivity contribution in [1.82, 2.24) is 19.5 Å². The van der Waals surface area contributed by atoms with Crippen LogP contribution in [0.5, 0.6) is 0 Å². The van der Waals surface area contributed by atoms with Gasteiger partial charge in [0.2, 0.25) is 17.8 Å². The molecule has 2 aromatic rings. The maximum Gasteiger partial charge on any atom is 0.250 e. The van der Waals surface area contributed by atoms with Crippen molar-refractivity contribution in [2.24, 2.45) is 17.8 Å². The van der Waals surface area contributed by atoms with E-state index in [-0.39, 0.29) is 5.56 Å². The number of anilines is 3. The number of fused-ring (bicyclic) bond motifs is 4. The molecule has 182 valence electrons. The van der Waals surface area contributed by atoms with Gasteiger partial charge in [-0.3, -0.25) is 4.79 Å². The molecule has 8 heteroatoms. The largest absolute Gasteiger partial charge is 0.341 e. The quantitative estimate of drug-likeness (QED) is 0.693. The molecule has 3 saturated heterocycles. The molecule has 4 aliphatic rings. The van der Waals surface area contributed by atoms with Crippen molar-refractivity contribution in [3.05, 3.63) is 34.2 Å². The van der Waals surface area contributed by atoms with Crippen LogP contribution in [0.2, 0.25) is 0 Å². The summed E-state index contributed by atoms with van der Waals surface area (Å²) in [5.41, 5.74) is 1.29. The van der Waals surface area contributed by atoms with Crippen molar-refractivity contribution in [1.29, 1.82) is 0 Å². The smallest absolute Gasteiger partial charge is 0.250 e. The van der Waals surface area contributed by atoms with Crippen molar-refractivity contribution in [2.75, 3.05) is 54.0 Å². The summed E-state index contributed by atoms with van der Waals surface area (Å²) < 4.78 is 1.99. The second-order valence-electron chi connectivity index (χ2n) is 11.2. The Morgan fingerprint density at radius 3 is 1.88 bits per heavy atom. The molecular formula is C26H37N7O. The summed E-state index contributed by atoms with van der Waals surface area (Å²) in [5.74, 6) is 4.84. The fourth-order valence-electron chi connectivity index (χ4n) is 6.24. The first-order valence-electron chi connectivity index (χ1n) is 13.2. The lowest BCUT2D eigenvalue weighted by atomic mass is 9.83. The molecule has 3 fully saturated rings. The van der Waals surface area contributed by atoms with Gasteiger partial charge in [0.15, 0.2) is 0 Å². The highest BCUT2D eigenvalue weighted by molar-refractivity contribution is 5.48. The number of hydrogen-bond donors (Lipinski definition) is 0. The number of rotatable bonds is 3. The van der Waals surface area contributed by atoms with Gasteiger partial charge in [0, 0.05) is 63.5 Å². The zero-order chi connectivity index (χ0) is 23.2. The first-order valence-corrected chi connectivity index (χ1v) is 13.2. The van der Waals surface area contributed by atoms with Gasteiger partial charge in [0.05, 0.1) is 0 Å². The molecule has 8 nitrogen and oxygen atoms in total. The third kappa shape index (κ3) is 4.16. The number of pyridine rings is 1. The Balaban J connectivity index is 1.32. The van der Waals surface area contributed by atoms with Gasteiger partial charge in [0.1, 0.15) is 0 Å². The molecule has 34 heavy (non-hydrogen) atoms. The van der Waals surface area contributed by atoms with Crippen molar-refractivity contribution in [2.45, 2.75) is 58.4 Å². The van der Waals surface area contributed by atoms with Crippen LogP contribution < -0.4 is 20.3 Å². The normalized spacial score (nSPS) is 26.0. The lowest BCUT2D eigenvalue weighted by molar-refractivity contribution is 0.279. The molecule has 0 saturated carbocycles. The molecule has 0 aromatic carbocycles. The monoisotopic (exact) mass is 463 g/mol. The Kier molecular flexibility index (Phi) is 5.70. The van der Waals surface area contributed by atoms with E-state index >= 15 is 0 Å². The minimum Gasteiger partial charge on any atom is -0.341 e. The van der Waals surface area contributed by atoms with Gasteiger partial charge >= 0.3 is 0 Å². The summed E-state index contributed by atoms with van der Waals surface area (Å²) in [4.78, 5) is 34.6. The summed E-state index contributed by atoms with van der Waals surface area (Å²) in [6, 6.07) is 5.72. The summed E-state index contributed by atoms with van der Waals surface area (Å²) in [7, 11) is 0. The van der Waals surface area contributed by atoms with E-state index in [0.29, 0.717) is 11.8 Å². The Hall–Kier alpha value is -2.64. The van der Waals surface area contributed by atoms with Crippen molar-refractivity contribution in [3.8, 4) is 0 Å². The number of nitrogens with zero attached hydrogens (tertiary/aromatic N) is 7. The Bertz CT molecular complexity index is 1040. The van der Waals surface area contributed by atoms with Gasteiger partial charge in [-0.15, -0.1) is 0 Å². The van der Waals surface area contributed by atoms with E-state index in [4.69, 9.17) is 15.0 Å². The molecule has 0 aliphatic carbocycles. The molecule has 6 heterocycles. The van der Waals surface area contributed by atoms with E-state index in [1.54, 1.807) is 6.07 Å². The van der Waals surface area contributed by atoms with Crippen molar-refractivity contribution in [3.63, 3.8) is 0 Å². The van der Waals surface area contributed by atoms with Crippen LogP contribution in [0.25, 0.3) is 0 Å². The lowest BCUT2D eigenvalue weighted by Gasteiger charge is -2.43. The third-order valence-electron chi connectivity index (χ3n) is 8.50. The number of aromatic nitrogens is 4. The van der Waals surface area contributed by atoms with Crippen LogP contribution in [0.3, 0.4) is 0 Å². The Morgan fingerprint density at radius 2 is 1.29 bits per heavy atom. The maximum absolute atomic E-state index is 12.4. The SMILES string of the molecule is CC1CCN(c2nc(N3CCC(C)CC3)nc(N3C[C@@H]4C[C@H](C3)c3cccc(=O)n3C4)n2)CC1. The molecule has 0 N–H and O–H groups in total. The average molecular weight is 464 g/mol. The predicted octanol–water partition coefficient (Wildman–Crippen LogP) is 3.13. The maximum atomic E-state index is 12.4. The van der Waals surface area contributed by atoms with Gasteiger partial charge in [-0.1, -0.05) is 19.9 Å². The first kappa shape index (κ1) is 21.9. The van der Waals surface area contributed by atoms with E-state index in [1.165, 1.54) is 25.7 Å². The summed E-state index contributed by atoms with van der Waals surface area (Å²) in [6.07, 6.45) is 5.90. The number of hydrogen-bond acceptors (Lipinski definition) is 7. The van der Waals surface area contributed by atoms with Crippen LogP contribution in [-0.2, 0) is 6.54 Å². The van der Waals surface area contributed by atoms with Gasteiger partial charge in [0.25, 0.3) is 5.56 Å². The van der Waals surface area contributed by atoms with E-state index in [2.05, 4.69) is 34.6 Å². The molecule has 2 atom stereocenters. The third-order valence-corrected chi connectivity index (χ3v) is 8.50. The van der Waals surface area contributed by atoms with E-state index in [1.807, 2.05) is 10.6 Å². The minimum absolute atomic E-state index is 0.129. The first-order chi connectivity index (χ1) is 16.5. The topological polar surface area (TPSA) is 70.4 Å². The zero-order valence-corrected chi connectivity index (χ0v) is 20.6. The summed E-state index contributed by atoms with van der Waals surface area (Å²) in [5, 5.41) is 0. The molecule has 0 spiro atoms. The van der Waals surface area contributed by atoms with Gasteiger partial charge in [-0.25, -0.2) is 0 Å². The van der Waals surface area contributed by atoms with E-state index in [9.17, 15) is 4.79 Å². The van der Waals surface area contributed by atoms with Gasteiger partial charge in [-0.2, -0.15) is 15.0 Å². The van der Waals surface area contributed by atoms with E-state index in [0.717, 1.165) is 87.6 Å². The highest BCUT2D eigenvalue weighted by Crippen LogP contribution is 2.37. The zero-order valence-electron chi connectivity index (χ0n) is 20.6. The molecule has 0 amide bonds. The Morgan fingerprint density at radius 1 is 0.735 bits per heavy atom. The lowest BCUT2D eigenvalue weighted by Crippen LogP contribution is -2.48. The van der Waals surface area contributed by atoms with Crippen LogP contribution in [0.1, 0.15) is 57.6 Å². The minimum atomic E-state index is 0.129. The molecule has 0 radical (unpaired) electrons. The highest BCUT2D eigenvalue weighted by atomic mass is 16.1. The highest BCUT2D eigenvalue weighted by Gasteiger charge is 2.36. The van der Waals surface area contributed by atoms with Crippen LogP contribution in [-0.4, -0.2) is 58.8 Å². The average Bonchev–Trinajstić information content (AvgIpc) is 2.85. The standard InChI is InChI=1S/C26H37N7O/c1-18-6-10-30(11-7-18)24-27-25(31-12-8-19(2)9-13-31)29-26(28-24)32-15-20-14-21(17-32)22-4-3-5-23(34)33(22)16-20/h3-5,18-21H,6-17H2,1-2H3/t20-,21+/m0/s1. The second kappa shape index (κ2) is 8.86. The molecule has 0 unspecified atom stereocenters. The second-order valence-corrected chi connectivity index (χ2v) is 11.2. The van der Waals surface area contributed by atoms with Gasteiger partial charge in [-0.05, 0) is 55.9 Å². The summed E-state index contributed by atoms with van der Waals surface area (Å²) in [6.45, 7) is 11.3. The van der Waals surface area contributed by atoms with Gasteiger partial charge < -0.3 is 19.3 Å². The predicted molar refractivity (Wildman–Crippen MR) is 135 cm³/mol. The Labute approximate surface area is 202 Å². The van der Waals surface area contributed by atoms with Crippen molar-refractivity contribution < 1.29 is 0 Å². The fourth-order valence-corrected chi connectivity index (χ4v) is 6.24. The molecule has 2 bridgehead atoms. The summed E-state index contributed by atoms with van der Waals surface area (Å²) >= 11 is 0.